The topological polar surface area (TPSA) is 57.2 Å². The van der Waals surface area contributed by atoms with Gasteiger partial charge in [-0.25, -0.2) is 0 Å². The van der Waals surface area contributed by atoms with Crippen LogP contribution in [0.2, 0.25) is 0 Å². The number of ether oxygens (including phenoxy) is 4. The van der Waals surface area contributed by atoms with Gasteiger partial charge in [0, 0.05) is 6.54 Å². The third-order valence-electron chi connectivity index (χ3n) is 3.21. The summed E-state index contributed by atoms with van der Waals surface area (Å²) in [5.74, 6) is 3.61. The average Bonchev–Trinajstić information content (AvgIpc) is 2.61. The van der Waals surface area contributed by atoms with E-state index in [9.17, 15) is 4.79 Å². The second kappa shape index (κ2) is 12.2. The lowest BCUT2D eigenvalue weighted by molar-refractivity contribution is -0.136. The van der Waals surface area contributed by atoms with E-state index < -0.39 is 0 Å². The molecular formula is C18H25NO5. The molecule has 0 aliphatic heterocycles. The van der Waals surface area contributed by atoms with Crippen LogP contribution in [0.25, 0.3) is 0 Å². The number of nitrogens with zero attached hydrogens (tertiary/aromatic N) is 1. The Balaban J connectivity index is 2.28. The molecule has 0 spiro atoms. The van der Waals surface area contributed by atoms with Gasteiger partial charge in [0.25, 0.3) is 0 Å². The molecule has 0 aliphatic rings. The molecule has 0 N–H and O–H groups in total. The molecule has 1 rings (SSSR count). The summed E-state index contributed by atoms with van der Waals surface area (Å²) >= 11 is 0. The molecule has 0 unspecified atom stereocenters. The smallest absolute Gasteiger partial charge is 0.248 e. The van der Waals surface area contributed by atoms with Crippen molar-refractivity contribution >= 4 is 5.91 Å². The maximum Gasteiger partial charge on any atom is 0.248 e. The zero-order valence-electron chi connectivity index (χ0n) is 14.3. The van der Waals surface area contributed by atoms with Crippen molar-refractivity contribution < 1.29 is 23.7 Å². The van der Waals surface area contributed by atoms with Gasteiger partial charge in [-0.1, -0.05) is 18.1 Å². The van der Waals surface area contributed by atoms with Gasteiger partial charge in [0.2, 0.25) is 5.91 Å². The maximum atomic E-state index is 12.1. The highest BCUT2D eigenvalue weighted by atomic mass is 16.5. The first-order chi connectivity index (χ1) is 11.7. The van der Waals surface area contributed by atoms with Crippen LogP contribution in [0.5, 0.6) is 11.5 Å². The summed E-state index contributed by atoms with van der Waals surface area (Å²) in [6.07, 6.45) is 5.06. The van der Waals surface area contributed by atoms with Crippen LogP contribution in [0.1, 0.15) is 6.92 Å². The quantitative estimate of drug-likeness (QED) is 0.429. The van der Waals surface area contributed by atoms with Gasteiger partial charge in [-0.2, -0.15) is 0 Å². The van der Waals surface area contributed by atoms with Crippen molar-refractivity contribution in [3.63, 3.8) is 0 Å². The molecule has 0 atom stereocenters. The fourth-order valence-electron chi connectivity index (χ4n) is 1.96. The minimum Gasteiger partial charge on any atom is -0.493 e. The summed E-state index contributed by atoms with van der Waals surface area (Å²) < 4.78 is 21.3. The van der Waals surface area contributed by atoms with Gasteiger partial charge in [0.1, 0.15) is 19.8 Å². The number of amides is 1. The van der Waals surface area contributed by atoms with E-state index in [0.717, 1.165) is 0 Å². The number of hydrogen-bond donors (Lipinski definition) is 0. The largest absolute Gasteiger partial charge is 0.493 e. The molecule has 0 saturated heterocycles. The lowest BCUT2D eigenvalue weighted by Crippen LogP contribution is -2.37. The van der Waals surface area contributed by atoms with Gasteiger partial charge < -0.3 is 23.8 Å². The van der Waals surface area contributed by atoms with Crippen molar-refractivity contribution in [1.82, 2.24) is 4.90 Å². The van der Waals surface area contributed by atoms with E-state index in [1.54, 1.807) is 12.0 Å². The molecule has 132 valence electrons. The molecule has 0 radical (unpaired) electrons. The van der Waals surface area contributed by atoms with Crippen LogP contribution in [0.15, 0.2) is 24.3 Å². The molecule has 0 aromatic heterocycles. The minimum absolute atomic E-state index is 0.0158. The van der Waals surface area contributed by atoms with Crippen LogP contribution in [-0.4, -0.2) is 64.0 Å². The van der Waals surface area contributed by atoms with Gasteiger partial charge in [0.15, 0.2) is 11.5 Å². The third kappa shape index (κ3) is 7.36. The first-order valence-electron chi connectivity index (χ1n) is 7.85. The van der Waals surface area contributed by atoms with Crippen LogP contribution in [-0.2, 0) is 14.3 Å². The second-order valence-corrected chi connectivity index (χ2v) is 4.78. The summed E-state index contributed by atoms with van der Waals surface area (Å²) in [5, 5.41) is 0. The monoisotopic (exact) mass is 335 g/mol. The molecule has 0 aliphatic carbocycles. The molecule has 6 nitrogen and oxygen atoms in total. The number of rotatable bonds is 12. The van der Waals surface area contributed by atoms with E-state index in [1.165, 1.54) is 0 Å². The molecule has 24 heavy (non-hydrogen) atoms. The number of benzene rings is 1. The normalized spacial score (nSPS) is 10.0. The van der Waals surface area contributed by atoms with E-state index in [1.807, 2.05) is 31.2 Å². The average molecular weight is 335 g/mol. The number of methoxy groups -OCH3 is 1. The van der Waals surface area contributed by atoms with E-state index >= 15 is 0 Å². The molecule has 1 amide bonds. The van der Waals surface area contributed by atoms with Gasteiger partial charge in [-0.15, -0.1) is 6.42 Å². The van der Waals surface area contributed by atoms with Crippen molar-refractivity contribution in [2.45, 2.75) is 6.92 Å². The Bertz CT molecular complexity index is 526. The second-order valence-electron chi connectivity index (χ2n) is 4.78. The van der Waals surface area contributed by atoms with Gasteiger partial charge in [0.05, 0.1) is 26.9 Å². The fourth-order valence-corrected chi connectivity index (χ4v) is 1.96. The summed E-state index contributed by atoms with van der Waals surface area (Å²) in [5.41, 5.74) is 0. The Morgan fingerprint density at radius 2 is 1.88 bits per heavy atom. The lowest BCUT2D eigenvalue weighted by atomic mass is 10.3. The summed E-state index contributed by atoms with van der Waals surface area (Å²) in [7, 11) is 1.59. The van der Waals surface area contributed by atoms with Crippen molar-refractivity contribution in [2.24, 2.45) is 0 Å². The van der Waals surface area contributed by atoms with Crippen LogP contribution < -0.4 is 9.47 Å². The highest BCUT2D eigenvalue weighted by molar-refractivity contribution is 5.77. The number of carbonyl (C=O) groups is 1. The third-order valence-corrected chi connectivity index (χ3v) is 3.21. The summed E-state index contributed by atoms with van der Waals surface area (Å²) in [4.78, 5) is 13.8. The highest BCUT2D eigenvalue weighted by Gasteiger charge is 2.12. The Kier molecular flexibility index (Phi) is 10.1. The maximum absolute atomic E-state index is 12.1. The summed E-state index contributed by atoms with van der Waals surface area (Å²) in [6, 6.07) is 7.40. The first kappa shape index (κ1) is 19.8. The van der Waals surface area contributed by atoms with E-state index in [-0.39, 0.29) is 19.1 Å². The number of terminal acetylenes is 1. The zero-order chi connectivity index (χ0) is 17.6. The molecule has 1 aromatic rings. The Morgan fingerprint density at radius 3 is 2.54 bits per heavy atom. The molecule has 0 bridgehead atoms. The summed E-state index contributed by atoms with van der Waals surface area (Å²) in [6.45, 7) is 4.33. The first-order valence-corrected chi connectivity index (χ1v) is 7.85. The van der Waals surface area contributed by atoms with Crippen molar-refractivity contribution in [3.8, 4) is 23.8 Å². The molecule has 1 aromatic carbocycles. The van der Waals surface area contributed by atoms with E-state index in [2.05, 4.69) is 5.92 Å². The number of likely N-dealkylation sites (N-methyl/N-ethyl adjacent to an activating group) is 1. The van der Waals surface area contributed by atoms with Crippen molar-refractivity contribution in [2.75, 3.05) is 53.2 Å². The lowest BCUT2D eigenvalue weighted by Gasteiger charge is -2.21. The van der Waals surface area contributed by atoms with E-state index in [4.69, 9.17) is 25.4 Å². The molecule has 0 saturated carbocycles. The SMILES string of the molecule is C#CCOCCOCC(=O)N(CC)CCOc1ccccc1OC. The standard InChI is InChI=1S/C18H25NO5/c1-4-11-22-13-14-23-15-18(20)19(5-2)10-12-24-17-9-7-6-8-16(17)21-3/h1,6-9H,5,10-15H2,2-3H3. The Labute approximate surface area is 143 Å². The molecule has 6 heteroatoms. The Morgan fingerprint density at radius 1 is 1.17 bits per heavy atom. The van der Waals surface area contributed by atoms with Crippen molar-refractivity contribution in [3.05, 3.63) is 24.3 Å². The number of carbonyl (C=O) groups excluding carboxylic acids is 1. The minimum atomic E-state index is -0.0851. The predicted molar refractivity (Wildman–Crippen MR) is 91.2 cm³/mol. The van der Waals surface area contributed by atoms with Gasteiger partial charge in [-0.05, 0) is 19.1 Å². The fraction of sp³-hybridized carbons (Fsp3) is 0.500. The van der Waals surface area contributed by atoms with Gasteiger partial charge >= 0.3 is 0 Å². The molecule has 0 heterocycles. The predicted octanol–water partition coefficient (Wildman–Crippen LogP) is 1.59. The van der Waals surface area contributed by atoms with Crippen LogP contribution >= 0.6 is 0 Å². The molecular weight excluding hydrogens is 310 g/mol. The Hall–Kier alpha value is -2.23. The number of para-hydroxylation sites is 2. The number of hydrogen-bond acceptors (Lipinski definition) is 5. The van der Waals surface area contributed by atoms with Crippen LogP contribution in [0, 0.1) is 12.3 Å². The van der Waals surface area contributed by atoms with Crippen LogP contribution in [0.4, 0.5) is 0 Å². The van der Waals surface area contributed by atoms with Crippen molar-refractivity contribution in [1.29, 1.82) is 0 Å². The van der Waals surface area contributed by atoms with E-state index in [0.29, 0.717) is 44.4 Å². The van der Waals surface area contributed by atoms with Crippen LogP contribution in [0.3, 0.4) is 0 Å². The highest BCUT2D eigenvalue weighted by Crippen LogP contribution is 2.25. The molecule has 0 fully saturated rings. The zero-order valence-corrected chi connectivity index (χ0v) is 14.3. The van der Waals surface area contributed by atoms with Gasteiger partial charge in [-0.3, -0.25) is 4.79 Å².